The Hall–Kier alpha value is -3.01. The van der Waals surface area contributed by atoms with Gasteiger partial charge in [-0.15, -0.1) is 13.2 Å². The number of para-hydroxylation sites is 1. The normalized spacial score (nSPS) is 11.3. The van der Waals surface area contributed by atoms with E-state index in [1.165, 1.54) is 26.4 Å². The zero-order chi connectivity index (χ0) is 19.6. The van der Waals surface area contributed by atoms with E-state index in [9.17, 15) is 18.0 Å². The molecule has 6 nitrogen and oxygen atoms in total. The van der Waals surface area contributed by atoms with Crippen LogP contribution in [0.15, 0.2) is 36.4 Å². The van der Waals surface area contributed by atoms with Crippen molar-refractivity contribution < 1.29 is 32.2 Å². The van der Waals surface area contributed by atoms with E-state index in [2.05, 4.69) is 15.0 Å². The molecule has 3 aromatic rings. The molecule has 1 heterocycles. The second-order valence-electron chi connectivity index (χ2n) is 5.19. The maximum Gasteiger partial charge on any atom is 0.573 e. The Kier molecular flexibility index (Phi) is 5.08. The molecule has 0 saturated heterocycles. The van der Waals surface area contributed by atoms with E-state index in [0.29, 0.717) is 16.0 Å². The van der Waals surface area contributed by atoms with Gasteiger partial charge in [0.25, 0.3) is 5.91 Å². The predicted molar refractivity (Wildman–Crippen MR) is 93.8 cm³/mol. The zero-order valence-corrected chi connectivity index (χ0v) is 14.9. The molecule has 0 radical (unpaired) electrons. The largest absolute Gasteiger partial charge is 0.573 e. The van der Waals surface area contributed by atoms with Gasteiger partial charge in [-0.25, -0.2) is 4.98 Å². The number of methoxy groups -OCH3 is 2. The Labute approximate surface area is 155 Å². The Morgan fingerprint density at radius 2 is 1.93 bits per heavy atom. The van der Waals surface area contributed by atoms with Gasteiger partial charge in [-0.1, -0.05) is 17.4 Å². The van der Waals surface area contributed by atoms with Crippen molar-refractivity contribution in [3.05, 3.63) is 42.0 Å². The van der Waals surface area contributed by atoms with Gasteiger partial charge in [0.1, 0.15) is 5.75 Å². The summed E-state index contributed by atoms with van der Waals surface area (Å²) in [6.45, 7) is 0. The van der Waals surface area contributed by atoms with Crippen molar-refractivity contribution in [2.24, 2.45) is 0 Å². The lowest BCUT2D eigenvalue weighted by Gasteiger charge is -2.11. The summed E-state index contributed by atoms with van der Waals surface area (Å²) in [6.07, 6.45) is -4.78. The molecule has 1 amide bonds. The number of nitrogens with zero attached hydrogens (tertiary/aromatic N) is 1. The summed E-state index contributed by atoms with van der Waals surface area (Å²) in [5.41, 5.74) is 0.666. The number of aromatic nitrogens is 1. The number of alkyl halides is 3. The topological polar surface area (TPSA) is 69.7 Å². The number of hydrogen-bond donors (Lipinski definition) is 1. The van der Waals surface area contributed by atoms with Crippen LogP contribution in [0.2, 0.25) is 0 Å². The molecule has 0 atom stereocenters. The Morgan fingerprint density at radius 3 is 2.59 bits per heavy atom. The minimum atomic E-state index is -4.78. The highest BCUT2D eigenvalue weighted by molar-refractivity contribution is 7.22. The number of ether oxygens (including phenoxy) is 3. The van der Waals surface area contributed by atoms with E-state index in [4.69, 9.17) is 9.47 Å². The molecule has 27 heavy (non-hydrogen) atoms. The van der Waals surface area contributed by atoms with Crippen LogP contribution in [0, 0.1) is 0 Å². The Bertz CT molecular complexity index is 988. The summed E-state index contributed by atoms with van der Waals surface area (Å²) in [5.74, 6) is -0.189. The standard InChI is InChI=1S/C17H13F3N2O4S/c1-24-12-5-3-4-10(14(12)25-2)15(23)22-16-21-11-7-6-9(8-13(11)27-16)26-17(18,19)20/h3-8H,1-2H3,(H,21,22,23). The van der Waals surface area contributed by atoms with Crippen LogP contribution in [0.25, 0.3) is 10.2 Å². The van der Waals surface area contributed by atoms with Gasteiger partial charge < -0.3 is 14.2 Å². The second-order valence-corrected chi connectivity index (χ2v) is 6.22. The Morgan fingerprint density at radius 1 is 1.15 bits per heavy atom. The van der Waals surface area contributed by atoms with Crippen molar-refractivity contribution in [2.75, 3.05) is 19.5 Å². The smallest absolute Gasteiger partial charge is 0.493 e. The number of rotatable bonds is 5. The molecule has 0 aliphatic rings. The quantitative estimate of drug-likeness (QED) is 0.687. The fraction of sp³-hybridized carbons (Fsp3) is 0.176. The van der Waals surface area contributed by atoms with Gasteiger partial charge in [0.2, 0.25) is 0 Å². The first-order chi connectivity index (χ1) is 12.8. The molecule has 142 valence electrons. The van der Waals surface area contributed by atoms with E-state index in [0.717, 1.165) is 17.4 Å². The van der Waals surface area contributed by atoms with Crippen molar-refractivity contribution in [3.8, 4) is 17.2 Å². The third kappa shape index (κ3) is 4.22. The van der Waals surface area contributed by atoms with Crippen molar-refractivity contribution in [1.29, 1.82) is 0 Å². The molecular formula is C17H13F3N2O4S. The fourth-order valence-electron chi connectivity index (χ4n) is 2.39. The molecule has 3 rings (SSSR count). The molecule has 0 aliphatic heterocycles. The number of amides is 1. The molecule has 0 aliphatic carbocycles. The molecule has 1 aromatic heterocycles. The number of hydrogen-bond acceptors (Lipinski definition) is 6. The molecule has 0 saturated carbocycles. The molecule has 0 spiro atoms. The van der Waals surface area contributed by atoms with Crippen molar-refractivity contribution in [3.63, 3.8) is 0 Å². The molecule has 0 unspecified atom stereocenters. The van der Waals surface area contributed by atoms with E-state index in [-0.39, 0.29) is 22.2 Å². The zero-order valence-electron chi connectivity index (χ0n) is 14.1. The maximum atomic E-state index is 12.5. The number of carbonyl (C=O) groups is 1. The first-order valence-corrected chi connectivity index (χ1v) is 8.31. The van der Waals surface area contributed by atoms with E-state index < -0.39 is 12.3 Å². The van der Waals surface area contributed by atoms with Gasteiger partial charge in [0.15, 0.2) is 16.6 Å². The van der Waals surface area contributed by atoms with E-state index in [1.807, 2.05) is 0 Å². The van der Waals surface area contributed by atoms with Gasteiger partial charge in [-0.05, 0) is 24.3 Å². The highest BCUT2D eigenvalue weighted by Gasteiger charge is 2.31. The third-order valence-corrected chi connectivity index (χ3v) is 4.40. The molecule has 1 N–H and O–H groups in total. The first-order valence-electron chi connectivity index (χ1n) is 7.49. The summed E-state index contributed by atoms with van der Waals surface area (Å²) >= 11 is 1.02. The van der Waals surface area contributed by atoms with Gasteiger partial charge >= 0.3 is 6.36 Å². The monoisotopic (exact) mass is 398 g/mol. The molecule has 2 aromatic carbocycles. The first kappa shape index (κ1) is 18.8. The van der Waals surface area contributed by atoms with Crippen LogP contribution in [0.1, 0.15) is 10.4 Å². The predicted octanol–water partition coefficient (Wildman–Crippen LogP) is 4.46. The van der Waals surface area contributed by atoms with E-state index in [1.54, 1.807) is 18.2 Å². The number of halogens is 3. The average molecular weight is 398 g/mol. The molecule has 0 fully saturated rings. The van der Waals surface area contributed by atoms with Gasteiger partial charge in [-0.2, -0.15) is 0 Å². The summed E-state index contributed by atoms with van der Waals surface area (Å²) < 4.78 is 51.7. The number of benzene rings is 2. The fourth-order valence-corrected chi connectivity index (χ4v) is 3.28. The number of fused-ring (bicyclic) bond motifs is 1. The lowest BCUT2D eigenvalue weighted by atomic mass is 10.1. The number of anilines is 1. The second kappa shape index (κ2) is 7.31. The van der Waals surface area contributed by atoms with Crippen LogP contribution in [0.4, 0.5) is 18.3 Å². The van der Waals surface area contributed by atoms with Crippen LogP contribution in [0.5, 0.6) is 17.2 Å². The highest BCUT2D eigenvalue weighted by atomic mass is 32.1. The minimum Gasteiger partial charge on any atom is -0.493 e. The summed E-state index contributed by atoms with van der Waals surface area (Å²) in [6, 6.07) is 8.59. The number of thiazole rings is 1. The van der Waals surface area contributed by atoms with Gasteiger partial charge in [0, 0.05) is 6.07 Å². The van der Waals surface area contributed by atoms with Gasteiger partial charge in [-0.3, -0.25) is 10.1 Å². The molecule has 10 heteroatoms. The van der Waals surface area contributed by atoms with Gasteiger partial charge in [0.05, 0.1) is 30.0 Å². The van der Waals surface area contributed by atoms with Crippen LogP contribution >= 0.6 is 11.3 Å². The summed E-state index contributed by atoms with van der Waals surface area (Å²) in [5, 5.41) is 2.84. The maximum absolute atomic E-state index is 12.5. The van der Waals surface area contributed by atoms with Crippen LogP contribution in [-0.2, 0) is 0 Å². The Balaban J connectivity index is 1.85. The van der Waals surface area contributed by atoms with E-state index >= 15 is 0 Å². The average Bonchev–Trinajstić information content (AvgIpc) is 3.00. The van der Waals surface area contributed by atoms with Crippen LogP contribution in [0.3, 0.4) is 0 Å². The SMILES string of the molecule is COc1cccc(C(=O)Nc2nc3ccc(OC(F)(F)F)cc3s2)c1OC. The van der Waals surface area contributed by atoms with Crippen molar-refractivity contribution in [1.82, 2.24) is 4.98 Å². The lowest BCUT2D eigenvalue weighted by molar-refractivity contribution is -0.274. The summed E-state index contributed by atoms with van der Waals surface area (Å²) in [7, 11) is 2.86. The van der Waals surface area contributed by atoms with Crippen LogP contribution < -0.4 is 19.5 Å². The minimum absolute atomic E-state index is 0.226. The number of carbonyl (C=O) groups excluding carboxylic acids is 1. The molecule has 0 bridgehead atoms. The molecular weight excluding hydrogens is 385 g/mol. The number of nitrogens with one attached hydrogen (secondary N) is 1. The lowest BCUT2D eigenvalue weighted by Crippen LogP contribution is -2.16. The highest BCUT2D eigenvalue weighted by Crippen LogP contribution is 2.34. The third-order valence-electron chi connectivity index (χ3n) is 3.46. The van der Waals surface area contributed by atoms with Crippen LogP contribution in [-0.4, -0.2) is 31.5 Å². The van der Waals surface area contributed by atoms with Crippen molar-refractivity contribution in [2.45, 2.75) is 6.36 Å². The van der Waals surface area contributed by atoms with Crippen molar-refractivity contribution >= 4 is 32.6 Å². The summed E-state index contributed by atoms with van der Waals surface area (Å²) in [4.78, 5) is 16.7.